The maximum atomic E-state index is 12.1. The quantitative estimate of drug-likeness (QED) is 0.771. The molecule has 0 unspecified atom stereocenters. The number of rotatable bonds is 5. The van der Waals surface area contributed by atoms with E-state index in [1.54, 1.807) is 17.9 Å². The smallest absolute Gasteiger partial charge is 0.409 e. The number of ether oxygens (including phenoxy) is 2. The van der Waals surface area contributed by atoms with Gasteiger partial charge in [-0.3, -0.25) is 4.79 Å². The van der Waals surface area contributed by atoms with Crippen LogP contribution in [0.15, 0.2) is 16.6 Å². The lowest BCUT2D eigenvalue weighted by atomic mass is 10.1. The summed E-state index contributed by atoms with van der Waals surface area (Å²) in [5.41, 5.74) is 0.856. The lowest BCUT2D eigenvalue weighted by Crippen LogP contribution is -2.47. The molecule has 6 nitrogen and oxygen atoms in total. The van der Waals surface area contributed by atoms with Crippen LogP contribution in [0.1, 0.15) is 25.3 Å². The largest absolute Gasteiger partial charge is 0.482 e. The highest BCUT2D eigenvalue weighted by atomic mass is 79.9. The van der Waals surface area contributed by atoms with Gasteiger partial charge in [0.2, 0.25) is 0 Å². The van der Waals surface area contributed by atoms with Crippen LogP contribution in [0, 0.1) is 6.92 Å². The molecule has 0 aliphatic carbocycles. The zero-order chi connectivity index (χ0) is 18.4. The first kappa shape index (κ1) is 19.8. The summed E-state index contributed by atoms with van der Waals surface area (Å²) in [5, 5.41) is 3.40. The van der Waals surface area contributed by atoms with Gasteiger partial charge in [-0.05, 0) is 44.4 Å². The van der Waals surface area contributed by atoms with Crippen LogP contribution in [-0.2, 0) is 9.53 Å². The summed E-state index contributed by atoms with van der Waals surface area (Å²) in [6.07, 6.45) is 1.10. The number of amides is 2. The minimum atomic E-state index is -0.295. The van der Waals surface area contributed by atoms with Crippen LogP contribution in [0.5, 0.6) is 5.75 Å². The Morgan fingerprint density at radius 3 is 2.64 bits per heavy atom. The van der Waals surface area contributed by atoms with E-state index in [2.05, 4.69) is 21.2 Å². The van der Waals surface area contributed by atoms with Gasteiger partial charge in [-0.15, -0.1) is 0 Å². The van der Waals surface area contributed by atoms with Crippen LogP contribution in [0.3, 0.4) is 0 Å². The maximum Gasteiger partial charge on any atom is 0.409 e. The molecule has 2 rings (SSSR count). The van der Waals surface area contributed by atoms with Crippen molar-refractivity contribution in [3.05, 3.63) is 27.2 Å². The molecule has 8 heteroatoms. The maximum absolute atomic E-state index is 12.1. The van der Waals surface area contributed by atoms with Gasteiger partial charge in [0.25, 0.3) is 5.91 Å². The number of hydrogen-bond acceptors (Lipinski definition) is 4. The van der Waals surface area contributed by atoms with Crippen molar-refractivity contribution < 1.29 is 19.1 Å². The molecule has 0 radical (unpaired) electrons. The summed E-state index contributed by atoms with van der Waals surface area (Å²) in [6.45, 7) is 5.06. The van der Waals surface area contributed by atoms with E-state index in [1.807, 2.05) is 13.0 Å². The number of likely N-dealkylation sites (tertiary alicyclic amines) is 1. The van der Waals surface area contributed by atoms with Crippen LogP contribution in [0.25, 0.3) is 0 Å². The van der Waals surface area contributed by atoms with Crippen LogP contribution >= 0.6 is 27.5 Å². The molecule has 2 amide bonds. The number of aryl methyl sites for hydroxylation is 1. The van der Waals surface area contributed by atoms with Crippen molar-refractivity contribution >= 4 is 39.5 Å². The molecule has 1 aliphatic rings. The Bertz CT molecular complexity index is 610. The Kier molecular flexibility index (Phi) is 7.38. The third-order valence-corrected chi connectivity index (χ3v) is 4.67. The highest BCUT2D eigenvalue weighted by molar-refractivity contribution is 9.10. The first-order chi connectivity index (χ1) is 11.9. The van der Waals surface area contributed by atoms with Gasteiger partial charge in [0, 0.05) is 23.6 Å². The minimum Gasteiger partial charge on any atom is -0.482 e. The van der Waals surface area contributed by atoms with Gasteiger partial charge >= 0.3 is 6.09 Å². The van der Waals surface area contributed by atoms with E-state index in [4.69, 9.17) is 21.1 Å². The molecule has 1 fully saturated rings. The fourth-order valence-corrected chi connectivity index (χ4v) is 3.73. The summed E-state index contributed by atoms with van der Waals surface area (Å²) in [4.78, 5) is 25.4. The van der Waals surface area contributed by atoms with Crippen molar-refractivity contribution in [3.8, 4) is 5.75 Å². The number of carbonyl (C=O) groups is 2. The molecule has 0 saturated carbocycles. The Morgan fingerprint density at radius 1 is 1.36 bits per heavy atom. The third-order valence-electron chi connectivity index (χ3n) is 3.93. The van der Waals surface area contributed by atoms with E-state index in [0.29, 0.717) is 43.3 Å². The lowest BCUT2D eigenvalue weighted by molar-refractivity contribution is -0.124. The Labute approximate surface area is 160 Å². The second-order valence-corrected chi connectivity index (χ2v) is 7.17. The molecule has 0 aromatic heterocycles. The fraction of sp³-hybridized carbons (Fsp3) is 0.529. The molecular weight excluding hydrogens is 412 g/mol. The van der Waals surface area contributed by atoms with Gasteiger partial charge in [-0.25, -0.2) is 4.79 Å². The first-order valence-electron chi connectivity index (χ1n) is 8.20. The van der Waals surface area contributed by atoms with Crippen molar-refractivity contribution in [2.24, 2.45) is 0 Å². The van der Waals surface area contributed by atoms with Crippen molar-refractivity contribution in [1.29, 1.82) is 0 Å². The van der Waals surface area contributed by atoms with Crippen LogP contribution in [-0.4, -0.2) is 49.2 Å². The standard InChI is InChI=1S/C17H22BrClN2O4/c1-3-24-17(23)21-6-4-13(5-7-21)20-15(22)10-25-16-11(2)8-12(18)9-14(16)19/h8-9,13H,3-7,10H2,1-2H3,(H,20,22). The molecule has 0 atom stereocenters. The van der Waals surface area contributed by atoms with Crippen molar-refractivity contribution in [2.45, 2.75) is 32.7 Å². The highest BCUT2D eigenvalue weighted by Gasteiger charge is 2.24. The van der Waals surface area contributed by atoms with Crippen LogP contribution in [0.2, 0.25) is 5.02 Å². The zero-order valence-corrected chi connectivity index (χ0v) is 16.7. The van der Waals surface area contributed by atoms with E-state index in [0.717, 1.165) is 10.0 Å². The summed E-state index contributed by atoms with van der Waals surface area (Å²) in [7, 11) is 0. The average Bonchev–Trinajstić information content (AvgIpc) is 2.54. The van der Waals surface area contributed by atoms with E-state index < -0.39 is 0 Å². The zero-order valence-electron chi connectivity index (χ0n) is 14.3. The number of piperidine rings is 1. The molecule has 1 aliphatic heterocycles. The monoisotopic (exact) mass is 432 g/mol. The summed E-state index contributed by atoms with van der Waals surface area (Å²) < 4.78 is 11.4. The van der Waals surface area contributed by atoms with E-state index in [1.165, 1.54) is 0 Å². The lowest BCUT2D eigenvalue weighted by Gasteiger charge is -2.31. The fourth-order valence-electron chi connectivity index (χ4n) is 2.70. The molecule has 0 spiro atoms. The normalized spacial score (nSPS) is 15.0. The predicted molar refractivity (Wildman–Crippen MR) is 99.1 cm³/mol. The van der Waals surface area contributed by atoms with Gasteiger partial charge in [-0.2, -0.15) is 0 Å². The molecule has 1 aromatic carbocycles. The van der Waals surface area contributed by atoms with Gasteiger partial charge in [0.05, 0.1) is 11.6 Å². The summed E-state index contributed by atoms with van der Waals surface area (Å²) in [5.74, 6) is 0.310. The molecule has 1 heterocycles. The minimum absolute atomic E-state index is 0.0308. The number of nitrogens with one attached hydrogen (secondary N) is 1. The van der Waals surface area contributed by atoms with Crippen molar-refractivity contribution in [1.82, 2.24) is 10.2 Å². The van der Waals surface area contributed by atoms with Gasteiger partial charge in [0.15, 0.2) is 6.61 Å². The second kappa shape index (κ2) is 9.29. The SMILES string of the molecule is CCOC(=O)N1CCC(NC(=O)COc2c(C)cc(Br)cc2Cl)CC1. The average molecular weight is 434 g/mol. The first-order valence-corrected chi connectivity index (χ1v) is 9.37. The molecular formula is C17H22BrClN2O4. The second-order valence-electron chi connectivity index (χ2n) is 5.85. The predicted octanol–water partition coefficient (Wildman–Crippen LogP) is 3.53. The highest BCUT2D eigenvalue weighted by Crippen LogP contribution is 2.31. The van der Waals surface area contributed by atoms with E-state index in [9.17, 15) is 9.59 Å². The number of halogens is 2. The number of carbonyl (C=O) groups excluding carboxylic acids is 2. The Balaban J connectivity index is 1.78. The van der Waals surface area contributed by atoms with Crippen LogP contribution < -0.4 is 10.1 Å². The van der Waals surface area contributed by atoms with E-state index >= 15 is 0 Å². The molecule has 1 saturated heterocycles. The van der Waals surface area contributed by atoms with Gasteiger partial charge in [-0.1, -0.05) is 27.5 Å². The topological polar surface area (TPSA) is 67.9 Å². The molecule has 1 aromatic rings. The van der Waals surface area contributed by atoms with Gasteiger partial charge in [0.1, 0.15) is 5.75 Å². The Morgan fingerprint density at radius 2 is 2.04 bits per heavy atom. The summed E-state index contributed by atoms with van der Waals surface area (Å²) >= 11 is 9.51. The van der Waals surface area contributed by atoms with Crippen molar-refractivity contribution in [2.75, 3.05) is 26.3 Å². The van der Waals surface area contributed by atoms with Gasteiger partial charge < -0.3 is 19.7 Å². The number of benzene rings is 1. The molecule has 0 bridgehead atoms. The molecule has 138 valence electrons. The Hall–Kier alpha value is -1.47. The van der Waals surface area contributed by atoms with Crippen LogP contribution in [0.4, 0.5) is 4.79 Å². The summed E-state index contributed by atoms with van der Waals surface area (Å²) in [6, 6.07) is 3.64. The molecule has 1 N–H and O–H groups in total. The third kappa shape index (κ3) is 5.78. The number of nitrogens with zero attached hydrogens (tertiary/aromatic N) is 1. The van der Waals surface area contributed by atoms with E-state index in [-0.39, 0.29) is 24.6 Å². The number of hydrogen-bond donors (Lipinski definition) is 1. The van der Waals surface area contributed by atoms with Crippen molar-refractivity contribution in [3.63, 3.8) is 0 Å². The molecule has 25 heavy (non-hydrogen) atoms.